The molecule has 0 fully saturated rings. The molecule has 0 heterocycles. The summed E-state index contributed by atoms with van der Waals surface area (Å²) in [6.07, 6.45) is -0.679. The largest absolute Gasteiger partial charge is 0.478 e. The van der Waals surface area contributed by atoms with E-state index < -0.39 is 40.5 Å². The lowest BCUT2D eigenvalue weighted by molar-refractivity contribution is -0.166. The fourth-order valence-electron chi connectivity index (χ4n) is 1.10. The zero-order valence-electron chi connectivity index (χ0n) is 12.2. The number of nitrogens with zero attached hydrogens (tertiary/aromatic N) is 1. The van der Waals surface area contributed by atoms with Crippen LogP contribution in [0.2, 0.25) is 0 Å². The predicted molar refractivity (Wildman–Crippen MR) is 77.3 cm³/mol. The van der Waals surface area contributed by atoms with Crippen molar-refractivity contribution in [2.24, 2.45) is 5.92 Å². The van der Waals surface area contributed by atoms with E-state index in [0.29, 0.717) is 0 Å². The maximum absolute atomic E-state index is 11.7. The van der Waals surface area contributed by atoms with E-state index in [9.17, 15) is 22.8 Å². The van der Waals surface area contributed by atoms with Gasteiger partial charge < -0.3 is 9.84 Å². The highest BCUT2D eigenvalue weighted by molar-refractivity contribution is 8.13. The summed E-state index contributed by atoms with van der Waals surface area (Å²) in [6.45, 7) is 2.37. The molecule has 0 aromatic heterocycles. The molecule has 0 saturated heterocycles. The van der Waals surface area contributed by atoms with Gasteiger partial charge in [0.1, 0.15) is 0 Å². The normalized spacial score (nSPS) is 14.5. The molecule has 0 bridgehead atoms. The monoisotopic (exact) mass is 341 g/mol. The van der Waals surface area contributed by atoms with Crippen LogP contribution in [-0.2, 0) is 29.1 Å². The molecule has 0 spiro atoms. The minimum Gasteiger partial charge on any atom is -0.478 e. The van der Waals surface area contributed by atoms with Gasteiger partial charge in [0.05, 0.1) is 18.7 Å². The zero-order chi connectivity index (χ0) is 16.8. The van der Waals surface area contributed by atoms with Gasteiger partial charge >= 0.3 is 11.9 Å². The average Bonchev–Trinajstić information content (AvgIpc) is 2.33. The van der Waals surface area contributed by atoms with Crippen molar-refractivity contribution < 1.29 is 32.6 Å². The number of carboxylic acids is 1. The van der Waals surface area contributed by atoms with Gasteiger partial charge in [0.25, 0.3) is 0 Å². The quantitative estimate of drug-likeness (QED) is 0.603. The number of rotatable bonds is 8. The van der Waals surface area contributed by atoms with Crippen molar-refractivity contribution in [2.75, 3.05) is 25.6 Å². The van der Waals surface area contributed by atoms with Crippen molar-refractivity contribution >= 4 is 38.8 Å². The molecule has 0 aromatic carbocycles. The lowest BCUT2D eigenvalue weighted by atomic mass is 10.2. The molecule has 122 valence electrons. The fraction of sp³-hybridized carbons (Fsp3) is 0.727. The minimum atomic E-state index is -3.58. The van der Waals surface area contributed by atoms with Crippen LogP contribution in [0.5, 0.6) is 0 Å². The molecule has 0 radical (unpaired) electrons. The van der Waals surface area contributed by atoms with Crippen LogP contribution in [0.1, 0.15) is 13.8 Å². The van der Waals surface area contributed by atoms with Gasteiger partial charge in [0, 0.05) is 19.7 Å². The van der Waals surface area contributed by atoms with E-state index in [1.807, 2.05) is 0 Å². The Labute approximate surface area is 127 Å². The number of carboxylic acid groups (broad SMARTS) is 1. The Morgan fingerprint density at radius 2 is 1.86 bits per heavy atom. The summed E-state index contributed by atoms with van der Waals surface area (Å²) >= 11 is 0.928. The van der Waals surface area contributed by atoms with Gasteiger partial charge in [-0.25, -0.2) is 17.5 Å². The molecule has 0 aromatic rings. The van der Waals surface area contributed by atoms with E-state index in [1.165, 1.54) is 20.9 Å². The second-order valence-corrected chi connectivity index (χ2v) is 7.80. The third kappa shape index (κ3) is 8.02. The number of thioether (sulfide) groups is 1. The Morgan fingerprint density at radius 3 is 2.24 bits per heavy atom. The Hall–Kier alpha value is -1.13. The van der Waals surface area contributed by atoms with Crippen LogP contribution in [0.25, 0.3) is 0 Å². The number of likely N-dealkylation sites (N-methyl/N-ethyl adjacent to an activating group) is 1. The lowest BCUT2D eigenvalue weighted by Gasteiger charge is -2.21. The average molecular weight is 341 g/mol. The topological polar surface area (TPSA) is 118 Å². The molecule has 0 aliphatic carbocycles. The minimum absolute atomic E-state index is 0.166. The van der Waals surface area contributed by atoms with Crippen LogP contribution in [0.3, 0.4) is 0 Å². The first-order valence-electron chi connectivity index (χ1n) is 5.93. The van der Waals surface area contributed by atoms with Crippen molar-refractivity contribution in [1.82, 2.24) is 4.31 Å². The molecule has 21 heavy (non-hydrogen) atoms. The molecular formula is C11H19NO7S2. The maximum Gasteiger partial charge on any atom is 0.346 e. The molecule has 2 atom stereocenters. The second kappa shape index (κ2) is 8.35. The number of sulfonamides is 1. The van der Waals surface area contributed by atoms with Gasteiger partial charge in [-0.1, -0.05) is 18.7 Å². The number of ether oxygens (including phenoxy) is 1. The zero-order valence-corrected chi connectivity index (χ0v) is 13.9. The van der Waals surface area contributed by atoms with E-state index in [-0.39, 0.29) is 10.9 Å². The molecule has 8 nitrogen and oxygen atoms in total. The molecule has 0 amide bonds. The van der Waals surface area contributed by atoms with Crippen LogP contribution in [-0.4, -0.2) is 66.6 Å². The van der Waals surface area contributed by atoms with Crippen molar-refractivity contribution in [2.45, 2.75) is 20.0 Å². The van der Waals surface area contributed by atoms with Gasteiger partial charge in [-0.2, -0.15) is 0 Å². The number of hydrogen-bond acceptors (Lipinski definition) is 7. The Balaban J connectivity index is 4.68. The van der Waals surface area contributed by atoms with Gasteiger partial charge in [0.15, 0.2) is 5.12 Å². The highest BCUT2D eigenvalue weighted by atomic mass is 32.2. The molecule has 0 unspecified atom stereocenters. The Kier molecular flexibility index (Phi) is 7.90. The van der Waals surface area contributed by atoms with Crippen LogP contribution in [0.15, 0.2) is 0 Å². The van der Waals surface area contributed by atoms with Gasteiger partial charge in [-0.15, -0.1) is 0 Å². The van der Waals surface area contributed by atoms with Crippen molar-refractivity contribution in [3.05, 3.63) is 0 Å². The van der Waals surface area contributed by atoms with E-state index in [0.717, 1.165) is 22.3 Å². The summed E-state index contributed by atoms with van der Waals surface area (Å²) in [7, 11) is -2.39. The summed E-state index contributed by atoms with van der Waals surface area (Å²) in [5.74, 6) is -2.74. The summed E-state index contributed by atoms with van der Waals surface area (Å²) in [6, 6.07) is 0. The summed E-state index contributed by atoms with van der Waals surface area (Å²) in [5.41, 5.74) is 0. The Bertz CT molecular complexity index is 503. The SMILES string of the molecule is CC(=O)SC[C@@H](C)C(=O)O[C@@H](CN(C)S(C)(=O)=O)C(=O)O. The second-order valence-electron chi connectivity index (χ2n) is 4.51. The fourth-order valence-corrected chi connectivity index (χ4v) is 2.13. The molecule has 0 saturated carbocycles. The third-order valence-electron chi connectivity index (χ3n) is 2.46. The lowest BCUT2D eigenvalue weighted by Crippen LogP contribution is -2.41. The number of esters is 1. The van der Waals surface area contributed by atoms with E-state index >= 15 is 0 Å². The van der Waals surface area contributed by atoms with E-state index in [2.05, 4.69) is 0 Å². The third-order valence-corrected chi connectivity index (χ3v) is 4.82. The molecule has 1 N–H and O–H groups in total. The molecular weight excluding hydrogens is 322 g/mol. The first-order chi connectivity index (χ1) is 9.45. The maximum atomic E-state index is 11.7. The highest BCUT2D eigenvalue weighted by Gasteiger charge is 2.29. The van der Waals surface area contributed by atoms with Crippen molar-refractivity contribution in [3.63, 3.8) is 0 Å². The first-order valence-corrected chi connectivity index (χ1v) is 8.76. The van der Waals surface area contributed by atoms with Crippen molar-refractivity contribution in [1.29, 1.82) is 0 Å². The number of hydrogen-bond donors (Lipinski definition) is 1. The number of carbonyl (C=O) groups excluding carboxylic acids is 2. The summed E-state index contributed by atoms with van der Waals surface area (Å²) in [4.78, 5) is 33.6. The van der Waals surface area contributed by atoms with E-state index in [4.69, 9.17) is 9.84 Å². The van der Waals surface area contributed by atoms with Gasteiger partial charge in [-0.05, 0) is 0 Å². The summed E-state index contributed by atoms with van der Waals surface area (Å²) < 4.78 is 28.1. The van der Waals surface area contributed by atoms with E-state index in [1.54, 1.807) is 0 Å². The van der Waals surface area contributed by atoms with Crippen LogP contribution in [0.4, 0.5) is 0 Å². The van der Waals surface area contributed by atoms with Crippen LogP contribution >= 0.6 is 11.8 Å². The number of carbonyl (C=O) groups is 3. The standard InChI is InChI=1S/C11H19NO7S2/c1-7(6-20-8(2)13)11(16)19-9(10(14)15)5-12(3)21(4,17)18/h7,9H,5-6H2,1-4H3,(H,14,15)/t7-,9+/m1/s1. The Morgan fingerprint density at radius 1 is 1.33 bits per heavy atom. The van der Waals surface area contributed by atoms with Crippen LogP contribution in [0, 0.1) is 5.92 Å². The highest BCUT2D eigenvalue weighted by Crippen LogP contribution is 2.12. The summed E-state index contributed by atoms with van der Waals surface area (Å²) in [5, 5.41) is 8.81. The molecule has 10 heteroatoms. The van der Waals surface area contributed by atoms with Crippen molar-refractivity contribution in [3.8, 4) is 0 Å². The molecule has 0 aliphatic rings. The van der Waals surface area contributed by atoms with Crippen LogP contribution < -0.4 is 0 Å². The van der Waals surface area contributed by atoms with Gasteiger partial charge in [0.2, 0.25) is 16.1 Å². The smallest absolute Gasteiger partial charge is 0.346 e. The molecule has 0 aliphatic heterocycles. The predicted octanol–water partition coefficient (Wildman–Crippen LogP) is -0.210. The first kappa shape index (κ1) is 19.9. The van der Waals surface area contributed by atoms with Gasteiger partial charge in [-0.3, -0.25) is 9.59 Å². The number of aliphatic carboxylic acids is 1. The molecule has 0 rings (SSSR count).